The zero-order valence-corrected chi connectivity index (χ0v) is 7.47. The molecule has 0 spiro atoms. The first-order valence-electron chi connectivity index (χ1n) is 3.61. The second-order valence-electron chi connectivity index (χ2n) is 2.67. The first-order chi connectivity index (χ1) is 6.07. The van der Waals surface area contributed by atoms with E-state index in [1.54, 1.807) is 6.07 Å². The van der Waals surface area contributed by atoms with Crippen LogP contribution in [-0.2, 0) is 10.0 Å². The van der Waals surface area contributed by atoms with Gasteiger partial charge in [0.15, 0.2) is 6.73 Å². The van der Waals surface area contributed by atoms with Gasteiger partial charge in [-0.1, -0.05) is 0 Å². The number of nitrogens with one attached hydrogen (secondary N) is 1. The maximum absolute atomic E-state index is 10.9. The van der Waals surface area contributed by atoms with Crippen LogP contribution < -0.4 is 15.2 Å². The van der Waals surface area contributed by atoms with E-state index in [0.29, 0.717) is 18.2 Å². The number of anilines is 1. The molecular formula is C7H8N2O3S. The number of ether oxygens (including phenoxy) is 1. The molecule has 0 fully saturated rings. The standard InChI is InChI=1S/C7H8N2O3S/c8-13(10,11)5-1-2-7-6(3-5)9-4-12-7/h1-3,9H,4H2,(H2,8,10,11). The predicted molar refractivity (Wildman–Crippen MR) is 46.9 cm³/mol. The van der Waals surface area contributed by atoms with E-state index in [2.05, 4.69) is 5.32 Å². The van der Waals surface area contributed by atoms with E-state index >= 15 is 0 Å². The normalized spacial score (nSPS) is 14.5. The Morgan fingerprint density at radius 3 is 2.92 bits per heavy atom. The second-order valence-corrected chi connectivity index (χ2v) is 4.23. The molecule has 1 aliphatic rings. The van der Waals surface area contributed by atoms with Gasteiger partial charge in [0.25, 0.3) is 0 Å². The lowest BCUT2D eigenvalue weighted by Crippen LogP contribution is -2.11. The molecule has 70 valence electrons. The third-order valence-corrected chi connectivity index (χ3v) is 2.68. The van der Waals surface area contributed by atoms with Gasteiger partial charge in [0.05, 0.1) is 10.6 Å². The quantitative estimate of drug-likeness (QED) is 0.673. The van der Waals surface area contributed by atoms with E-state index in [1.807, 2.05) is 0 Å². The molecule has 0 unspecified atom stereocenters. The SMILES string of the molecule is NS(=O)(=O)c1ccc2c(c1)NCO2. The summed E-state index contributed by atoms with van der Waals surface area (Å²) in [5, 5.41) is 7.82. The summed E-state index contributed by atoms with van der Waals surface area (Å²) in [5.74, 6) is 0.646. The lowest BCUT2D eigenvalue weighted by atomic mass is 10.3. The monoisotopic (exact) mass is 200 g/mol. The minimum atomic E-state index is -3.62. The molecule has 0 saturated heterocycles. The Labute approximate surface area is 75.6 Å². The van der Waals surface area contributed by atoms with Crippen LogP contribution in [-0.4, -0.2) is 15.1 Å². The van der Waals surface area contributed by atoms with E-state index in [0.717, 1.165) is 0 Å². The number of fused-ring (bicyclic) bond motifs is 1. The third kappa shape index (κ3) is 1.45. The predicted octanol–water partition coefficient (Wildman–Crippen LogP) is 0.0958. The summed E-state index contributed by atoms with van der Waals surface area (Å²) in [4.78, 5) is 0.0873. The molecule has 1 aromatic rings. The Bertz CT molecular complexity index is 441. The molecule has 1 aromatic carbocycles. The molecular weight excluding hydrogens is 192 g/mol. The topological polar surface area (TPSA) is 81.4 Å². The highest BCUT2D eigenvalue weighted by molar-refractivity contribution is 7.89. The van der Waals surface area contributed by atoms with E-state index in [1.165, 1.54) is 12.1 Å². The minimum absolute atomic E-state index is 0.0873. The largest absolute Gasteiger partial charge is 0.471 e. The maximum Gasteiger partial charge on any atom is 0.238 e. The van der Waals surface area contributed by atoms with Crippen molar-refractivity contribution < 1.29 is 13.2 Å². The number of benzene rings is 1. The second kappa shape index (κ2) is 2.61. The first kappa shape index (κ1) is 8.33. The van der Waals surface area contributed by atoms with Crippen LogP contribution in [0.15, 0.2) is 23.1 Å². The van der Waals surface area contributed by atoms with Gasteiger partial charge in [0.1, 0.15) is 5.75 Å². The Balaban J connectivity index is 2.54. The van der Waals surface area contributed by atoms with Crippen LogP contribution >= 0.6 is 0 Å². The molecule has 0 radical (unpaired) electrons. The van der Waals surface area contributed by atoms with Gasteiger partial charge in [0, 0.05) is 0 Å². The summed E-state index contributed by atoms with van der Waals surface area (Å²) in [6.45, 7) is 0.364. The molecule has 0 aromatic heterocycles. The molecule has 0 amide bonds. The fourth-order valence-electron chi connectivity index (χ4n) is 1.14. The summed E-state index contributed by atoms with van der Waals surface area (Å²) in [7, 11) is -3.62. The lowest BCUT2D eigenvalue weighted by molar-refractivity contribution is 0.372. The molecule has 1 aliphatic heterocycles. The highest BCUT2D eigenvalue weighted by Crippen LogP contribution is 2.30. The highest BCUT2D eigenvalue weighted by atomic mass is 32.2. The number of sulfonamides is 1. The highest BCUT2D eigenvalue weighted by Gasteiger charge is 2.15. The van der Waals surface area contributed by atoms with Crippen LogP contribution in [0, 0.1) is 0 Å². The average molecular weight is 200 g/mol. The average Bonchev–Trinajstić information content (AvgIpc) is 2.47. The summed E-state index contributed by atoms with van der Waals surface area (Å²) in [6, 6.07) is 4.45. The van der Waals surface area contributed by atoms with Crippen molar-refractivity contribution in [3.63, 3.8) is 0 Å². The number of hydrogen-bond donors (Lipinski definition) is 2. The van der Waals surface area contributed by atoms with Crippen molar-refractivity contribution in [1.29, 1.82) is 0 Å². The van der Waals surface area contributed by atoms with Crippen molar-refractivity contribution in [2.24, 2.45) is 5.14 Å². The van der Waals surface area contributed by atoms with Crippen LogP contribution in [0.25, 0.3) is 0 Å². The van der Waals surface area contributed by atoms with E-state index in [-0.39, 0.29) is 4.90 Å². The summed E-state index contributed by atoms with van der Waals surface area (Å²) in [6.07, 6.45) is 0. The Hall–Kier alpha value is -1.27. The molecule has 5 nitrogen and oxygen atoms in total. The first-order valence-corrected chi connectivity index (χ1v) is 5.15. The lowest BCUT2D eigenvalue weighted by Gasteiger charge is -2.00. The maximum atomic E-state index is 10.9. The van der Waals surface area contributed by atoms with Gasteiger partial charge in [0.2, 0.25) is 10.0 Å². The zero-order chi connectivity index (χ0) is 9.47. The number of primary sulfonamides is 1. The van der Waals surface area contributed by atoms with Gasteiger partial charge in [-0.2, -0.15) is 0 Å². The smallest absolute Gasteiger partial charge is 0.238 e. The van der Waals surface area contributed by atoms with Crippen molar-refractivity contribution in [1.82, 2.24) is 0 Å². The van der Waals surface area contributed by atoms with Crippen molar-refractivity contribution in [2.75, 3.05) is 12.0 Å². The molecule has 6 heteroatoms. The molecule has 13 heavy (non-hydrogen) atoms. The van der Waals surface area contributed by atoms with Crippen molar-refractivity contribution >= 4 is 15.7 Å². The third-order valence-electron chi connectivity index (χ3n) is 1.77. The Kier molecular flexibility index (Phi) is 1.67. The molecule has 3 N–H and O–H groups in total. The van der Waals surface area contributed by atoms with Crippen LogP contribution in [0.4, 0.5) is 5.69 Å². The number of hydrogen-bond acceptors (Lipinski definition) is 4. The van der Waals surface area contributed by atoms with Crippen molar-refractivity contribution in [2.45, 2.75) is 4.90 Å². The van der Waals surface area contributed by atoms with E-state index in [9.17, 15) is 8.42 Å². The zero-order valence-electron chi connectivity index (χ0n) is 6.65. The van der Waals surface area contributed by atoms with Crippen molar-refractivity contribution in [3.8, 4) is 5.75 Å². The van der Waals surface area contributed by atoms with E-state index in [4.69, 9.17) is 9.88 Å². The Morgan fingerprint density at radius 2 is 2.23 bits per heavy atom. The van der Waals surface area contributed by atoms with Gasteiger partial charge in [-0.05, 0) is 18.2 Å². The number of rotatable bonds is 1. The fraction of sp³-hybridized carbons (Fsp3) is 0.143. The molecule has 1 heterocycles. The van der Waals surface area contributed by atoms with Gasteiger partial charge in [-0.15, -0.1) is 0 Å². The van der Waals surface area contributed by atoms with Gasteiger partial charge < -0.3 is 10.1 Å². The number of nitrogens with two attached hydrogens (primary N) is 1. The van der Waals surface area contributed by atoms with Crippen LogP contribution in [0.5, 0.6) is 5.75 Å². The van der Waals surface area contributed by atoms with Crippen LogP contribution in [0.2, 0.25) is 0 Å². The summed E-state index contributed by atoms with van der Waals surface area (Å²) in [5.41, 5.74) is 0.659. The van der Waals surface area contributed by atoms with Crippen molar-refractivity contribution in [3.05, 3.63) is 18.2 Å². The molecule has 0 saturated carbocycles. The molecule has 0 bridgehead atoms. The van der Waals surface area contributed by atoms with E-state index < -0.39 is 10.0 Å². The van der Waals surface area contributed by atoms with Crippen LogP contribution in [0.3, 0.4) is 0 Å². The Morgan fingerprint density at radius 1 is 1.46 bits per heavy atom. The van der Waals surface area contributed by atoms with Crippen LogP contribution in [0.1, 0.15) is 0 Å². The van der Waals surface area contributed by atoms with Gasteiger partial charge in [-0.25, -0.2) is 13.6 Å². The molecule has 2 rings (SSSR count). The molecule has 0 atom stereocenters. The fourth-order valence-corrected chi connectivity index (χ4v) is 1.68. The van der Waals surface area contributed by atoms with Gasteiger partial charge >= 0.3 is 0 Å². The minimum Gasteiger partial charge on any atom is -0.471 e. The van der Waals surface area contributed by atoms with Gasteiger partial charge in [-0.3, -0.25) is 0 Å². The summed E-state index contributed by atoms with van der Waals surface area (Å²) >= 11 is 0. The summed E-state index contributed by atoms with van der Waals surface area (Å²) < 4.78 is 27.0. The molecule has 0 aliphatic carbocycles.